The zero-order valence-electron chi connectivity index (χ0n) is 15.6. The molecule has 0 aliphatic carbocycles. The second kappa shape index (κ2) is 8.57. The number of para-hydroxylation sites is 1. The number of piperidine rings is 1. The molecule has 28 heavy (non-hydrogen) atoms. The Hall–Kier alpha value is -2.65. The molecule has 1 saturated heterocycles. The number of nitrogens with one attached hydrogen (secondary N) is 1. The van der Waals surface area contributed by atoms with Crippen molar-refractivity contribution in [2.24, 2.45) is 0 Å². The van der Waals surface area contributed by atoms with Gasteiger partial charge in [0.1, 0.15) is 5.69 Å². The molecule has 0 atom stereocenters. The number of hydrogen-bond acceptors (Lipinski definition) is 6. The average molecular weight is 405 g/mol. The summed E-state index contributed by atoms with van der Waals surface area (Å²) in [5.41, 5.74) is 0.608. The zero-order valence-corrected chi connectivity index (χ0v) is 16.4. The first-order valence-electron chi connectivity index (χ1n) is 9.13. The molecule has 1 heterocycles. The second-order valence-electron chi connectivity index (χ2n) is 6.52. The minimum Gasteiger partial charge on any atom is -0.378 e. The van der Waals surface area contributed by atoms with Gasteiger partial charge in [-0.3, -0.25) is 14.8 Å². The Kier molecular flexibility index (Phi) is 6.15. The normalized spacial score (nSPS) is 15.4. The van der Waals surface area contributed by atoms with Gasteiger partial charge in [0.25, 0.3) is 15.7 Å². The maximum absolute atomic E-state index is 12.6. The lowest BCUT2D eigenvalue weighted by Crippen LogP contribution is -2.37. The van der Waals surface area contributed by atoms with Crippen LogP contribution in [0.5, 0.6) is 0 Å². The fourth-order valence-electron chi connectivity index (χ4n) is 3.30. The highest BCUT2D eigenvalue weighted by atomic mass is 32.2. The summed E-state index contributed by atoms with van der Waals surface area (Å²) in [6.45, 7) is 3.84. The average Bonchev–Trinajstić information content (AvgIpc) is 2.69. The summed E-state index contributed by atoms with van der Waals surface area (Å²) in [5.74, 6) is 0. The van der Waals surface area contributed by atoms with Crippen LogP contribution in [-0.4, -0.2) is 39.1 Å². The van der Waals surface area contributed by atoms with Crippen molar-refractivity contribution < 1.29 is 18.1 Å². The van der Waals surface area contributed by atoms with Crippen molar-refractivity contribution in [3.63, 3.8) is 0 Å². The van der Waals surface area contributed by atoms with Gasteiger partial charge < -0.3 is 9.64 Å². The van der Waals surface area contributed by atoms with Crippen LogP contribution in [0, 0.1) is 10.1 Å². The Morgan fingerprint density at radius 1 is 1.18 bits per heavy atom. The van der Waals surface area contributed by atoms with E-state index in [0.29, 0.717) is 31.1 Å². The van der Waals surface area contributed by atoms with Crippen LogP contribution in [0.4, 0.5) is 17.1 Å². The number of ether oxygens (including phenoxy) is 1. The fraction of sp³-hybridized carbons (Fsp3) is 0.368. The third kappa shape index (κ3) is 4.60. The van der Waals surface area contributed by atoms with Crippen molar-refractivity contribution in [3.8, 4) is 0 Å². The van der Waals surface area contributed by atoms with Gasteiger partial charge in [0.2, 0.25) is 0 Å². The van der Waals surface area contributed by atoms with Crippen LogP contribution in [0.15, 0.2) is 53.4 Å². The van der Waals surface area contributed by atoms with E-state index in [1.807, 2.05) is 11.8 Å². The highest BCUT2D eigenvalue weighted by Gasteiger charge is 2.27. The van der Waals surface area contributed by atoms with E-state index in [9.17, 15) is 18.5 Å². The Morgan fingerprint density at radius 2 is 1.86 bits per heavy atom. The van der Waals surface area contributed by atoms with Crippen LogP contribution in [0.2, 0.25) is 0 Å². The Balaban J connectivity index is 1.84. The van der Waals surface area contributed by atoms with Gasteiger partial charge in [-0.15, -0.1) is 0 Å². The lowest BCUT2D eigenvalue weighted by molar-refractivity contribution is -0.384. The van der Waals surface area contributed by atoms with Crippen molar-refractivity contribution in [1.29, 1.82) is 0 Å². The molecule has 1 fully saturated rings. The molecular formula is C19H23N3O5S. The van der Waals surface area contributed by atoms with Crippen molar-refractivity contribution in [3.05, 3.63) is 58.6 Å². The van der Waals surface area contributed by atoms with Crippen LogP contribution < -0.4 is 9.62 Å². The lowest BCUT2D eigenvalue weighted by Gasteiger charge is -2.33. The third-order valence-corrected chi connectivity index (χ3v) is 6.04. The van der Waals surface area contributed by atoms with Crippen LogP contribution >= 0.6 is 0 Å². The van der Waals surface area contributed by atoms with E-state index in [2.05, 4.69) is 4.72 Å². The van der Waals surface area contributed by atoms with Gasteiger partial charge in [-0.05, 0) is 44.0 Å². The smallest absolute Gasteiger partial charge is 0.293 e. The molecule has 0 spiro atoms. The first-order chi connectivity index (χ1) is 13.4. The third-order valence-electron chi connectivity index (χ3n) is 4.66. The molecule has 0 amide bonds. The van der Waals surface area contributed by atoms with E-state index in [1.165, 1.54) is 12.1 Å². The molecule has 8 nitrogen and oxygen atoms in total. The standard InChI is InChI=1S/C19H23N3O5S/c1-2-27-16-10-12-21(13-11-16)18-9-8-17(14-19(18)22(23)24)28(25,26)20-15-6-4-3-5-7-15/h3-9,14,16,20H,2,10-13H2,1H3. The van der Waals surface area contributed by atoms with Crippen molar-refractivity contribution >= 4 is 27.1 Å². The first kappa shape index (κ1) is 20.1. The minimum absolute atomic E-state index is 0.143. The number of sulfonamides is 1. The number of hydrogen-bond donors (Lipinski definition) is 1. The van der Waals surface area contributed by atoms with Gasteiger partial charge in [0, 0.05) is 31.5 Å². The molecule has 1 N–H and O–H groups in total. The minimum atomic E-state index is -3.93. The number of benzene rings is 2. The predicted molar refractivity (Wildman–Crippen MR) is 107 cm³/mol. The van der Waals surface area contributed by atoms with Crippen LogP contribution in [0.1, 0.15) is 19.8 Å². The maximum Gasteiger partial charge on any atom is 0.293 e. The molecule has 0 bridgehead atoms. The molecule has 0 unspecified atom stereocenters. The summed E-state index contributed by atoms with van der Waals surface area (Å²) in [6.07, 6.45) is 1.72. The van der Waals surface area contributed by atoms with Gasteiger partial charge in [0.15, 0.2) is 0 Å². The summed E-state index contributed by atoms with van der Waals surface area (Å²) in [7, 11) is -3.93. The van der Waals surface area contributed by atoms with Crippen molar-refractivity contribution in [2.75, 3.05) is 29.3 Å². The number of nitro benzene ring substituents is 1. The van der Waals surface area contributed by atoms with Gasteiger partial charge in [0.05, 0.1) is 15.9 Å². The molecular weight excluding hydrogens is 382 g/mol. The van der Waals surface area contributed by atoms with Crippen LogP contribution in [0.25, 0.3) is 0 Å². The molecule has 1 aliphatic rings. The van der Waals surface area contributed by atoms with E-state index in [4.69, 9.17) is 4.74 Å². The van der Waals surface area contributed by atoms with E-state index in [-0.39, 0.29) is 16.7 Å². The SMILES string of the molecule is CCOC1CCN(c2ccc(S(=O)(=O)Nc3ccccc3)cc2[N+](=O)[O-])CC1. The van der Waals surface area contributed by atoms with Crippen LogP contribution in [0.3, 0.4) is 0 Å². The molecule has 2 aromatic rings. The van der Waals surface area contributed by atoms with Gasteiger partial charge in [-0.1, -0.05) is 18.2 Å². The number of rotatable bonds is 7. The Morgan fingerprint density at radius 3 is 2.46 bits per heavy atom. The first-order valence-corrected chi connectivity index (χ1v) is 10.6. The highest BCUT2D eigenvalue weighted by Crippen LogP contribution is 2.33. The van der Waals surface area contributed by atoms with E-state index in [1.54, 1.807) is 30.3 Å². The summed E-state index contributed by atoms with van der Waals surface area (Å²) in [4.78, 5) is 12.8. The predicted octanol–water partition coefficient (Wildman–Crippen LogP) is 3.40. The monoisotopic (exact) mass is 405 g/mol. The van der Waals surface area contributed by atoms with Gasteiger partial charge in [-0.2, -0.15) is 0 Å². The lowest BCUT2D eigenvalue weighted by atomic mass is 10.1. The Labute approximate surface area is 164 Å². The molecule has 1 aliphatic heterocycles. The molecule has 0 radical (unpaired) electrons. The van der Waals surface area contributed by atoms with Crippen molar-refractivity contribution in [2.45, 2.75) is 30.8 Å². The molecule has 2 aromatic carbocycles. The quantitative estimate of drug-likeness (QED) is 0.559. The topological polar surface area (TPSA) is 102 Å². The number of nitro groups is 1. The summed E-state index contributed by atoms with van der Waals surface area (Å²) in [6, 6.07) is 12.4. The van der Waals surface area contributed by atoms with Crippen molar-refractivity contribution in [1.82, 2.24) is 0 Å². The molecule has 3 rings (SSSR count). The molecule has 150 valence electrons. The van der Waals surface area contributed by atoms with Gasteiger partial charge >= 0.3 is 0 Å². The number of anilines is 2. The molecule has 0 aromatic heterocycles. The fourth-order valence-corrected chi connectivity index (χ4v) is 4.38. The van der Waals surface area contributed by atoms with E-state index in [0.717, 1.165) is 18.9 Å². The largest absolute Gasteiger partial charge is 0.378 e. The molecule has 9 heteroatoms. The highest BCUT2D eigenvalue weighted by molar-refractivity contribution is 7.92. The zero-order chi connectivity index (χ0) is 20.1. The van der Waals surface area contributed by atoms with Gasteiger partial charge in [-0.25, -0.2) is 8.42 Å². The van der Waals surface area contributed by atoms with Crippen LogP contribution in [-0.2, 0) is 14.8 Å². The van der Waals surface area contributed by atoms with E-state index >= 15 is 0 Å². The van der Waals surface area contributed by atoms with E-state index < -0.39 is 14.9 Å². The number of nitrogens with zero attached hydrogens (tertiary/aromatic N) is 2. The molecule has 0 saturated carbocycles. The summed E-state index contributed by atoms with van der Waals surface area (Å²) in [5, 5.41) is 11.6. The maximum atomic E-state index is 12.6. The second-order valence-corrected chi connectivity index (χ2v) is 8.20. The Bertz CT molecular complexity index is 926. The summed E-state index contributed by atoms with van der Waals surface area (Å²) < 4.78 is 33.3. The summed E-state index contributed by atoms with van der Waals surface area (Å²) >= 11 is 0.